The summed E-state index contributed by atoms with van der Waals surface area (Å²) in [6.07, 6.45) is 3.36. The average molecular weight is 447 g/mol. The van der Waals surface area contributed by atoms with E-state index in [1.807, 2.05) is 42.5 Å². The molecule has 9 heteroatoms. The van der Waals surface area contributed by atoms with Crippen molar-refractivity contribution in [2.24, 2.45) is 5.73 Å². The number of carbonyl (C=O) groups is 2. The second-order valence-corrected chi connectivity index (χ2v) is 7.68. The van der Waals surface area contributed by atoms with Gasteiger partial charge in [0.25, 0.3) is 11.8 Å². The minimum atomic E-state index is -0.609. The third kappa shape index (κ3) is 6.05. The van der Waals surface area contributed by atoms with Gasteiger partial charge in [-0.2, -0.15) is 4.98 Å². The molecule has 1 aliphatic rings. The first kappa shape index (κ1) is 22.2. The highest BCUT2D eigenvalue weighted by atomic mass is 16.5. The van der Waals surface area contributed by atoms with Gasteiger partial charge in [-0.3, -0.25) is 9.59 Å². The Morgan fingerprint density at radius 2 is 1.91 bits per heavy atom. The highest BCUT2D eigenvalue weighted by Gasteiger charge is 2.23. The van der Waals surface area contributed by atoms with Crippen LogP contribution in [0.1, 0.15) is 28.8 Å². The van der Waals surface area contributed by atoms with Crippen LogP contribution in [0.2, 0.25) is 0 Å². The van der Waals surface area contributed by atoms with Gasteiger partial charge in [0.05, 0.1) is 5.56 Å². The smallest absolute Gasteiger partial charge is 0.254 e. The molecule has 1 saturated heterocycles. The molecule has 5 N–H and O–H groups in total. The van der Waals surface area contributed by atoms with E-state index < -0.39 is 12.0 Å². The van der Waals surface area contributed by atoms with E-state index in [9.17, 15) is 9.59 Å². The van der Waals surface area contributed by atoms with Crippen LogP contribution < -0.4 is 21.7 Å². The predicted molar refractivity (Wildman–Crippen MR) is 127 cm³/mol. The molecule has 2 heterocycles. The molecule has 1 aliphatic heterocycles. The first-order valence-electron chi connectivity index (χ1n) is 10.8. The molecule has 1 aromatic heterocycles. The Kier molecular flexibility index (Phi) is 7.11. The SMILES string of the molecule is NC(=O)c1cnc(Nc2cccc(NC(=O)[C@@H]3CCCO3)c2)nc1NCCc1ccccc1. The third-order valence-electron chi connectivity index (χ3n) is 5.21. The van der Waals surface area contributed by atoms with Crippen molar-refractivity contribution in [1.29, 1.82) is 0 Å². The molecular weight excluding hydrogens is 420 g/mol. The minimum absolute atomic E-state index is 0.156. The predicted octanol–water partition coefficient (Wildman–Crippen LogP) is 3.09. The fourth-order valence-electron chi connectivity index (χ4n) is 3.54. The van der Waals surface area contributed by atoms with Crippen LogP contribution in [-0.4, -0.2) is 41.0 Å². The van der Waals surface area contributed by atoms with Crippen LogP contribution in [0.15, 0.2) is 60.8 Å². The lowest BCUT2D eigenvalue weighted by atomic mass is 10.1. The van der Waals surface area contributed by atoms with Crippen molar-refractivity contribution in [2.75, 3.05) is 29.1 Å². The molecule has 2 amide bonds. The van der Waals surface area contributed by atoms with Crippen molar-refractivity contribution in [3.05, 3.63) is 71.9 Å². The van der Waals surface area contributed by atoms with Crippen LogP contribution in [0.3, 0.4) is 0 Å². The highest BCUT2D eigenvalue weighted by Crippen LogP contribution is 2.21. The average Bonchev–Trinajstić information content (AvgIpc) is 3.35. The van der Waals surface area contributed by atoms with E-state index in [2.05, 4.69) is 25.9 Å². The summed E-state index contributed by atoms with van der Waals surface area (Å²) >= 11 is 0. The van der Waals surface area contributed by atoms with Crippen LogP contribution in [0, 0.1) is 0 Å². The van der Waals surface area contributed by atoms with Crippen molar-refractivity contribution >= 4 is 35.0 Å². The monoisotopic (exact) mass is 446 g/mol. The lowest BCUT2D eigenvalue weighted by Gasteiger charge is -2.13. The van der Waals surface area contributed by atoms with Gasteiger partial charge in [-0.25, -0.2) is 4.98 Å². The number of carbonyl (C=O) groups excluding carboxylic acids is 2. The molecule has 1 fully saturated rings. The number of hydrogen-bond donors (Lipinski definition) is 4. The zero-order valence-electron chi connectivity index (χ0n) is 18.1. The molecule has 0 aliphatic carbocycles. The largest absolute Gasteiger partial charge is 0.369 e. The maximum absolute atomic E-state index is 12.3. The molecule has 1 atom stereocenters. The van der Waals surface area contributed by atoms with E-state index in [1.54, 1.807) is 12.1 Å². The van der Waals surface area contributed by atoms with Crippen molar-refractivity contribution in [3.63, 3.8) is 0 Å². The van der Waals surface area contributed by atoms with E-state index in [0.29, 0.717) is 36.3 Å². The number of amides is 2. The Morgan fingerprint density at radius 3 is 2.67 bits per heavy atom. The zero-order valence-corrected chi connectivity index (χ0v) is 18.1. The quantitative estimate of drug-likeness (QED) is 0.397. The number of anilines is 4. The Bertz CT molecular complexity index is 1120. The summed E-state index contributed by atoms with van der Waals surface area (Å²) in [4.78, 5) is 32.8. The Hall–Kier alpha value is -3.98. The molecule has 9 nitrogen and oxygen atoms in total. The standard InChI is InChI=1S/C24H26N6O3/c25-21(31)19-15-27-24(30-22(19)26-12-11-16-6-2-1-3-7-16)29-18-9-4-8-17(14-18)28-23(32)20-10-5-13-33-20/h1-4,6-9,14-15,20H,5,10-13H2,(H2,25,31)(H,28,32)(H2,26,27,29,30)/t20-/m0/s1. The van der Waals surface area contributed by atoms with E-state index in [-0.39, 0.29) is 11.5 Å². The highest BCUT2D eigenvalue weighted by molar-refractivity contribution is 5.97. The van der Waals surface area contributed by atoms with E-state index >= 15 is 0 Å². The van der Waals surface area contributed by atoms with Crippen LogP contribution in [0.4, 0.5) is 23.1 Å². The topological polar surface area (TPSA) is 131 Å². The van der Waals surface area contributed by atoms with Crippen LogP contribution in [0.25, 0.3) is 0 Å². The first-order chi connectivity index (χ1) is 16.1. The second-order valence-electron chi connectivity index (χ2n) is 7.68. The van der Waals surface area contributed by atoms with Crippen molar-refractivity contribution in [2.45, 2.75) is 25.4 Å². The Morgan fingerprint density at radius 1 is 1.09 bits per heavy atom. The minimum Gasteiger partial charge on any atom is -0.369 e. The molecule has 170 valence electrons. The van der Waals surface area contributed by atoms with E-state index in [1.165, 1.54) is 11.8 Å². The molecule has 0 bridgehead atoms. The van der Waals surface area contributed by atoms with Gasteiger partial charge < -0.3 is 26.4 Å². The van der Waals surface area contributed by atoms with Gasteiger partial charge in [0.1, 0.15) is 11.9 Å². The lowest BCUT2D eigenvalue weighted by Crippen LogP contribution is -2.26. The van der Waals surface area contributed by atoms with Crippen LogP contribution in [-0.2, 0) is 16.0 Å². The number of rotatable bonds is 9. The van der Waals surface area contributed by atoms with E-state index in [4.69, 9.17) is 10.5 Å². The Balaban J connectivity index is 1.43. The summed E-state index contributed by atoms with van der Waals surface area (Å²) in [5.41, 5.74) is 8.19. The summed E-state index contributed by atoms with van der Waals surface area (Å²) in [6.45, 7) is 1.19. The zero-order chi connectivity index (χ0) is 23.0. The molecule has 33 heavy (non-hydrogen) atoms. The number of nitrogens with zero attached hydrogens (tertiary/aromatic N) is 2. The summed E-state index contributed by atoms with van der Waals surface area (Å²) in [7, 11) is 0. The molecule has 0 saturated carbocycles. The molecule has 4 rings (SSSR count). The number of hydrogen-bond acceptors (Lipinski definition) is 7. The molecule has 0 spiro atoms. The molecular formula is C24H26N6O3. The van der Waals surface area contributed by atoms with E-state index in [0.717, 1.165) is 19.3 Å². The normalized spacial score (nSPS) is 15.1. The number of benzene rings is 2. The maximum Gasteiger partial charge on any atom is 0.254 e. The fraction of sp³-hybridized carbons (Fsp3) is 0.250. The number of nitrogens with one attached hydrogen (secondary N) is 3. The van der Waals surface area contributed by atoms with Gasteiger partial charge in [0.15, 0.2) is 0 Å². The molecule has 2 aromatic carbocycles. The number of aromatic nitrogens is 2. The molecule has 0 radical (unpaired) electrons. The number of primary amides is 1. The van der Waals surface area contributed by atoms with Gasteiger partial charge >= 0.3 is 0 Å². The molecule has 0 unspecified atom stereocenters. The summed E-state index contributed by atoms with van der Waals surface area (Å²) in [6, 6.07) is 17.2. The fourth-order valence-corrected chi connectivity index (χ4v) is 3.54. The maximum atomic E-state index is 12.3. The van der Waals surface area contributed by atoms with Crippen molar-refractivity contribution < 1.29 is 14.3 Å². The van der Waals surface area contributed by atoms with Gasteiger partial charge in [0, 0.05) is 30.7 Å². The van der Waals surface area contributed by atoms with Gasteiger partial charge in [-0.15, -0.1) is 0 Å². The van der Waals surface area contributed by atoms with Gasteiger partial charge in [-0.1, -0.05) is 36.4 Å². The second kappa shape index (κ2) is 10.6. The first-order valence-corrected chi connectivity index (χ1v) is 10.8. The summed E-state index contributed by atoms with van der Waals surface area (Å²) < 4.78 is 5.42. The Labute approximate surface area is 191 Å². The van der Waals surface area contributed by atoms with Gasteiger partial charge in [0.2, 0.25) is 5.95 Å². The molecule has 3 aromatic rings. The lowest BCUT2D eigenvalue weighted by molar-refractivity contribution is -0.124. The van der Waals surface area contributed by atoms with Crippen molar-refractivity contribution in [3.8, 4) is 0 Å². The van der Waals surface area contributed by atoms with Crippen LogP contribution >= 0.6 is 0 Å². The van der Waals surface area contributed by atoms with Gasteiger partial charge in [-0.05, 0) is 43.0 Å². The number of ether oxygens (including phenoxy) is 1. The van der Waals surface area contributed by atoms with Crippen molar-refractivity contribution in [1.82, 2.24) is 9.97 Å². The summed E-state index contributed by atoms with van der Waals surface area (Å²) in [5, 5.41) is 9.15. The third-order valence-corrected chi connectivity index (χ3v) is 5.21. The summed E-state index contributed by atoms with van der Waals surface area (Å²) in [5.74, 6) is -0.109. The van der Waals surface area contributed by atoms with Crippen LogP contribution in [0.5, 0.6) is 0 Å². The number of nitrogens with two attached hydrogens (primary N) is 1.